The van der Waals surface area contributed by atoms with Gasteiger partial charge in [0.2, 0.25) is 0 Å². The molecule has 7 heteroatoms. The first kappa shape index (κ1) is 26.4. The molecule has 1 aliphatic heterocycles. The molecule has 176 valence electrons. The molecular formula is C25H37IN4O2. The molecule has 1 aliphatic rings. The molecule has 0 bridgehead atoms. The molecule has 2 aromatic rings. The van der Waals surface area contributed by atoms with Gasteiger partial charge in [-0.05, 0) is 23.1 Å². The van der Waals surface area contributed by atoms with Crippen LogP contribution in [0.25, 0.3) is 0 Å². The SMILES string of the molecule is CN=C(NCc1ccccc1CN1CCOCC1)NCc1ccccc1OCC(C)C.I. The van der Waals surface area contributed by atoms with Gasteiger partial charge < -0.3 is 20.1 Å². The van der Waals surface area contributed by atoms with Gasteiger partial charge in [0.05, 0.1) is 19.8 Å². The van der Waals surface area contributed by atoms with Crippen LogP contribution in [0.15, 0.2) is 53.5 Å². The fourth-order valence-corrected chi connectivity index (χ4v) is 3.51. The van der Waals surface area contributed by atoms with Crippen molar-refractivity contribution in [1.82, 2.24) is 15.5 Å². The second kappa shape index (κ2) is 14.3. The molecule has 0 radical (unpaired) electrons. The van der Waals surface area contributed by atoms with Crippen molar-refractivity contribution >= 4 is 29.9 Å². The lowest BCUT2D eigenvalue weighted by atomic mass is 10.1. The molecule has 1 heterocycles. The van der Waals surface area contributed by atoms with Gasteiger partial charge in [0.25, 0.3) is 0 Å². The van der Waals surface area contributed by atoms with E-state index in [2.05, 4.69) is 64.7 Å². The third-order valence-corrected chi connectivity index (χ3v) is 5.28. The average molecular weight is 553 g/mol. The number of halogens is 1. The summed E-state index contributed by atoms with van der Waals surface area (Å²) in [5, 5.41) is 6.87. The number of hydrogen-bond donors (Lipinski definition) is 2. The smallest absolute Gasteiger partial charge is 0.191 e. The maximum absolute atomic E-state index is 5.97. The third-order valence-electron chi connectivity index (χ3n) is 5.28. The molecule has 1 saturated heterocycles. The zero-order valence-electron chi connectivity index (χ0n) is 19.5. The van der Waals surface area contributed by atoms with E-state index < -0.39 is 0 Å². The van der Waals surface area contributed by atoms with Crippen molar-refractivity contribution in [2.75, 3.05) is 40.0 Å². The third kappa shape index (κ3) is 8.60. The van der Waals surface area contributed by atoms with Crippen LogP contribution in [0, 0.1) is 5.92 Å². The van der Waals surface area contributed by atoms with Crippen molar-refractivity contribution < 1.29 is 9.47 Å². The van der Waals surface area contributed by atoms with Gasteiger partial charge in [0, 0.05) is 45.3 Å². The number of morpholine rings is 1. The van der Waals surface area contributed by atoms with Crippen LogP contribution in [-0.2, 0) is 24.4 Å². The van der Waals surface area contributed by atoms with Gasteiger partial charge in [0.1, 0.15) is 5.75 Å². The first-order valence-corrected chi connectivity index (χ1v) is 11.2. The van der Waals surface area contributed by atoms with Crippen molar-refractivity contribution in [1.29, 1.82) is 0 Å². The Hall–Kier alpha value is -1.84. The van der Waals surface area contributed by atoms with Gasteiger partial charge in [-0.1, -0.05) is 56.3 Å². The van der Waals surface area contributed by atoms with Crippen LogP contribution in [0.3, 0.4) is 0 Å². The summed E-state index contributed by atoms with van der Waals surface area (Å²) in [6.45, 7) is 11.0. The molecule has 1 fully saturated rings. The monoisotopic (exact) mass is 552 g/mol. The van der Waals surface area contributed by atoms with Gasteiger partial charge in [-0.2, -0.15) is 0 Å². The standard InChI is InChI=1S/C25H36N4O2.HI/c1-20(2)19-31-24-11-7-6-9-22(24)17-28-25(26-3)27-16-21-8-4-5-10-23(21)18-29-12-14-30-15-13-29;/h4-11,20H,12-19H2,1-3H3,(H2,26,27,28);1H. The van der Waals surface area contributed by atoms with E-state index in [0.717, 1.165) is 56.7 Å². The Morgan fingerprint density at radius 3 is 2.22 bits per heavy atom. The highest BCUT2D eigenvalue weighted by Gasteiger charge is 2.13. The Kier molecular flexibility index (Phi) is 11.8. The Morgan fingerprint density at radius 2 is 1.56 bits per heavy atom. The van der Waals surface area contributed by atoms with E-state index in [1.807, 2.05) is 18.2 Å². The zero-order chi connectivity index (χ0) is 21.9. The van der Waals surface area contributed by atoms with E-state index in [-0.39, 0.29) is 24.0 Å². The zero-order valence-corrected chi connectivity index (χ0v) is 21.8. The Labute approximate surface area is 209 Å². The Morgan fingerprint density at radius 1 is 0.969 bits per heavy atom. The van der Waals surface area contributed by atoms with Crippen molar-refractivity contribution in [3.8, 4) is 5.75 Å². The van der Waals surface area contributed by atoms with Gasteiger partial charge in [-0.3, -0.25) is 9.89 Å². The van der Waals surface area contributed by atoms with Crippen LogP contribution in [0.1, 0.15) is 30.5 Å². The molecule has 2 N–H and O–H groups in total. The number of para-hydroxylation sites is 1. The second-order valence-corrected chi connectivity index (χ2v) is 8.25. The number of rotatable bonds is 9. The van der Waals surface area contributed by atoms with E-state index >= 15 is 0 Å². The summed E-state index contributed by atoms with van der Waals surface area (Å²) in [6, 6.07) is 16.8. The van der Waals surface area contributed by atoms with Crippen LogP contribution in [0.2, 0.25) is 0 Å². The number of aliphatic imine (C=N–C) groups is 1. The number of guanidine groups is 1. The van der Waals surface area contributed by atoms with Crippen LogP contribution in [-0.4, -0.2) is 50.8 Å². The predicted octanol–water partition coefficient (Wildman–Crippen LogP) is 4.04. The maximum atomic E-state index is 5.97. The normalized spacial score (nSPS) is 14.7. The fraction of sp³-hybridized carbons (Fsp3) is 0.480. The summed E-state index contributed by atoms with van der Waals surface area (Å²) >= 11 is 0. The minimum Gasteiger partial charge on any atom is -0.493 e. The molecular weight excluding hydrogens is 515 g/mol. The van der Waals surface area contributed by atoms with E-state index in [1.54, 1.807) is 7.05 Å². The molecule has 0 amide bonds. The van der Waals surface area contributed by atoms with Crippen LogP contribution in [0.4, 0.5) is 0 Å². The van der Waals surface area contributed by atoms with Crippen LogP contribution < -0.4 is 15.4 Å². The van der Waals surface area contributed by atoms with Gasteiger partial charge in [0.15, 0.2) is 5.96 Å². The Bertz CT molecular complexity index is 838. The Balaban J connectivity index is 0.00000363. The number of benzene rings is 2. The predicted molar refractivity (Wildman–Crippen MR) is 142 cm³/mol. The number of hydrogen-bond acceptors (Lipinski definition) is 4. The first-order valence-electron chi connectivity index (χ1n) is 11.2. The topological polar surface area (TPSA) is 58.1 Å². The van der Waals surface area contributed by atoms with Gasteiger partial charge in [-0.15, -0.1) is 24.0 Å². The van der Waals surface area contributed by atoms with Crippen LogP contribution >= 0.6 is 24.0 Å². The highest BCUT2D eigenvalue weighted by atomic mass is 127. The summed E-state index contributed by atoms with van der Waals surface area (Å²) in [5.74, 6) is 2.20. The molecule has 32 heavy (non-hydrogen) atoms. The molecule has 3 rings (SSSR count). The van der Waals surface area contributed by atoms with Crippen molar-refractivity contribution in [3.63, 3.8) is 0 Å². The van der Waals surface area contributed by atoms with E-state index in [4.69, 9.17) is 9.47 Å². The summed E-state index contributed by atoms with van der Waals surface area (Å²) < 4.78 is 11.4. The largest absolute Gasteiger partial charge is 0.493 e. The number of nitrogens with zero attached hydrogens (tertiary/aromatic N) is 2. The second-order valence-electron chi connectivity index (χ2n) is 8.25. The summed E-state index contributed by atoms with van der Waals surface area (Å²) in [6.07, 6.45) is 0. The minimum absolute atomic E-state index is 0. The fourth-order valence-electron chi connectivity index (χ4n) is 3.51. The maximum Gasteiger partial charge on any atom is 0.191 e. The summed E-state index contributed by atoms with van der Waals surface area (Å²) in [5.41, 5.74) is 3.76. The molecule has 6 nitrogen and oxygen atoms in total. The van der Waals surface area contributed by atoms with Crippen molar-refractivity contribution in [2.24, 2.45) is 10.9 Å². The lowest BCUT2D eigenvalue weighted by Gasteiger charge is -2.27. The molecule has 0 spiro atoms. The highest BCUT2D eigenvalue weighted by molar-refractivity contribution is 14.0. The lowest BCUT2D eigenvalue weighted by molar-refractivity contribution is 0.0341. The summed E-state index contributed by atoms with van der Waals surface area (Å²) in [7, 11) is 1.80. The van der Waals surface area contributed by atoms with Gasteiger partial charge >= 0.3 is 0 Å². The van der Waals surface area contributed by atoms with Gasteiger partial charge in [-0.25, -0.2) is 0 Å². The van der Waals surface area contributed by atoms with E-state index in [9.17, 15) is 0 Å². The van der Waals surface area contributed by atoms with E-state index in [0.29, 0.717) is 19.1 Å². The molecule has 0 atom stereocenters. The molecule has 0 aromatic heterocycles. The number of ether oxygens (including phenoxy) is 2. The minimum atomic E-state index is 0. The number of nitrogens with one attached hydrogen (secondary N) is 2. The van der Waals surface area contributed by atoms with Crippen molar-refractivity contribution in [2.45, 2.75) is 33.5 Å². The molecule has 0 saturated carbocycles. The van der Waals surface area contributed by atoms with Crippen molar-refractivity contribution in [3.05, 3.63) is 65.2 Å². The highest BCUT2D eigenvalue weighted by Crippen LogP contribution is 2.18. The molecule has 2 aromatic carbocycles. The molecule has 0 aliphatic carbocycles. The lowest BCUT2D eigenvalue weighted by Crippen LogP contribution is -2.37. The first-order chi connectivity index (χ1) is 15.2. The van der Waals surface area contributed by atoms with E-state index in [1.165, 1.54) is 11.1 Å². The van der Waals surface area contributed by atoms with Crippen LogP contribution in [0.5, 0.6) is 5.75 Å². The quantitative estimate of drug-likeness (QED) is 0.280. The summed E-state index contributed by atoms with van der Waals surface area (Å²) in [4.78, 5) is 6.84. The average Bonchev–Trinajstić information content (AvgIpc) is 2.80. The molecule has 0 unspecified atom stereocenters.